The van der Waals surface area contributed by atoms with Gasteiger partial charge in [0, 0.05) is 12.6 Å². The van der Waals surface area contributed by atoms with E-state index in [1.54, 1.807) is 19.1 Å². The Bertz CT molecular complexity index is 609. The van der Waals surface area contributed by atoms with Crippen molar-refractivity contribution < 1.29 is 18.3 Å². The molecule has 2 atom stereocenters. The lowest BCUT2D eigenvalue weighted by Gasteiger charge is -2.36. The number of piperidine rings is 1. The molecule has 5 nitrogen and oxygen atoms in total. The van der Waals surface area contributed by atoms with Crippen molar-refractivity contribution in [2.24, 2.45) is 5.92 Å². The Labute approximate surface area is 125 Å². The number of rotatable bonds is 4. The van der Waals surface area contributed by atoms with Crippen LogP contribution >= 0.6 is 0 Å². The normalized spacial score (nSPS) is 23.9. The van der Waals surface area contributed by atoms with Gasteiger partial charge in [-0.3, -0.25) is 4.79 Å². The molecule has 116 valence electrons. The molecule has 0 bridgehead atoms. The van der Waals surface area contributed by atoms with Gasteiger partial charge in [0.2, 0.25) is 10.0 Å². The Balaban J connectivity index is 2.18. The topological polar surface area (TPSA) is 74.7 Å². The number of aliphatic carboxylic acids is 1. The van der Waals surface area contributed by atoms with Crippen LogP contribution in [0.5, 0.6) is 0 Å². The number of hydrogen-bond acceptors (Lipinski definition) is 3. The molecule has 6 heteroatoms. The summed E-state index contributed by atoms with van der Waals surface area (Å²) in [5.41, 5.74) is 1.80. The van der Waals surface area contributed by atoms with Gasteiger partial charge in [0.25, 0.3) is 0 Å². The summed E-state index contributed by atoms with van der Waals surface area (Å²) in [6.45, 7) is 4.03. The highest BCUT2D eigenvalue weighted by atomic mass is 32.2. The maximum Gasteiger partial charge on any atom is 0.308 e. The third kappa shape index (κ3) is 3.63. The van der Waals surface area contributed by atoms with Gasteiger partial charge in [-0.1, -0.05) is 29.8 Å². The predicted octanol–water partition coefficient (Wildman–Crippen LogP) is 2.01. The van der Waals surface area contributed by atoms with Crippen LogP contribution in [0.15, 0.2) is 24.3 Å². The highest BCUT2D eigenvalue weighted by Crippen LogP contribution is 2.27. The van der Waals surface area contributed by atoms with E-state index in [1.165, 1.54) is 4.31 Å². The second-order valence-electron chi connectivity index (χ2n) is 5.68. The summed E-state index contributed by atoms with van der Waals surface area (Å²) in [6, 6.07) is 6.87. The van der Waals surface area contributed by atoms with Crippen molar-refractivity contribution in [2.75, 3.05) is 6.54 Å². The first kappa shape index (κ1) is 16.0. The van der Waals surface area contributed by atoms with Crippen LogP contribution in [0.1, 0.15) is 30.9 Å². The smallest absolute Gasteiger partial charge is 0.308 e. The fourth-order valence-electron chi connectivity index (χ4n) is 2.81. The molecule has 1 fully saturated rings. The summed E-state index contributed by atoms with van der Waals surface area (Å²) in [6.07, 6.45) is 1.13. The third-order valence-electron chi connectivity index (χ3n) is 4.07. The van der Waals surface area contributed by atoms with Gasteiger partial charge in [-0.2, -0.15) is 4.31 Å². The Morgan fingerprint density at radius 3 is 2.52 bits per heavy atom. The lowest BCUT2D eigenvalue weighted by Crippen LogP contribution is -2.49. The Kier molecular flexibility index (Phi) is 4.68. The molecular weight excluding hydrogens is 290 g/mol. The minimum atomic E-state index is -3.49. The lowest BCUT2D eigenvalue weighted by atomic mass is 9.92. The fraction of sp³-hybridized carbons (Fsp3) is 0.533. The van der Waals surface area contributed by atoms with Gasteiger partial charge in [-0.05, 0) is 32.3 Å². The number of nitrogens with zero attached hydrogens (tertiary/aromatic N) is 1. The van der Waals surface area contributed by atoms with Crippen LogP contribution in [0.4, 0.5) is 0 Å². The zero-order valence-corrected chi connectivity index (χ0v) is 13.1. The fourth-order valence-corrected chi connectivity index (χ4v) is 4.65. The van der Waals surface area contributed by atoms with E-state index in [0.717, 1.165) is 11.1 Å². The summed E-state index contributed by atoms with van der Waals surface area (Å²) < 4.78 is 26.5. The lowest BCUT2D eigenvalue weighted by molar-refractivity contribution is -0.144. The molecule has 0 saturated carbocycles. The van der Waals surface area contributed by atoms with Crippen LogP contribution in [-0.2, 0) is 20.6 Å². The number of hydrogen-bond donors (Lipinski definition) is 1. The van der Waals surface area contributed by atoms with E-state index in [9.17, 15) is 18.3 Å². The van der Waals surface area contributed by atoms with Gasteiger partial charge >= 0.3 is 5.97 Å². The van der Waals surface area contributed by atoms with Crippen molar-refractivity contribution in [2.45, 2.75) is 38.5 Å². The van der Waals surface area contributed by atoms with E-state index in [1.807, 2.05) is 19.1 Å². The van der Waals surface area contributed by atoms with Gasteiger partial charge < -0.3 is 5.11 Å². The summed E-state index contributed by atoms with van der Waals surface area (Å²) in [7, 11) is -3.49. The SMILES string of the molecule is Cc1ccc(CS(=O)(=O)N2CCC[C@@H](C(=O)O)[C@H]2C)cc1. The minimum Gasteiger partial charge on any atom is -0.481 e. The van der Waals surface area contributed by atoms with Crippen LogP contribution in [0.2, 0.25) is 0 Å². The molecule has 0 aromatic heterocycles. The molecule has 2 rings (SSSR count). The maximum atomic E-state index is 12.6. The average Bonchev–Trinajstić information content (AvgIpc) is 2.41. The van der Waals surface area contributed by atoms with Crippen LogP contribution < -0.4 is 0 Å². The zero-order valence-electron chi connectivity index (χ0n) is 12.3. The highest BCUT2D eigenvalue weighted by molar-refractivity contribution is 7.88. The second-order valence-corrected chi connectivity index (χ2v) is 7.60. The van der Waals surface area contributed by atoms with Gasteiger partial charge in [-0.25, -0.2) is 8.42 Å². The molecule has 0 aliphatic carbocycles. The summed E-state index contributed by atoms with van der Waals surface area (Å²) in [4.78, 5) is 11.2. The number of benzene rings is 1. The van der Waals surface area contributed by atoms with Crippen molar-refractivity contribution in [3.8, 4) is 0 Å². The number of aryl methyl sites for hydroxylation is 1. The minimum absolute atomic E-state index is 0.0794. The molecule has 1 saturated heterocycles. The van der Waals surface area contributed by atoms with E-state index < -0.39 is 28.0 Å². The molecule has 1 N–H and O–H groups in total. The third-order valence-corrected chi connectivity index (χ3v) is 6.00. The van der Waals surface area contributed by atoms with Crippen LogP contribution in [0.25, 0.3) is 0 Å². The van der Waals surface area contributed by atoms with Crippen molar-refractivity contribution in [1.29, 1.82) is 0 Å². The molecular formula is C15H21NO4S. The first-order chi connectivity index (χ1) is 9.81. The predicted molar refractivity (Wildman–Crippen MR) is 80.3 cm³/mol. The maximum absolute atomic E-state index is 12.6. The van der Waals surface area contributed by atoms with Crippen molar-refractivity contribution in [3.63, 3.8) is 0 Å². The molecule has 0 unspecified atom stereocenters. The largest absolute Gasteiger partial charge is 0.481 e. The van der Waals surface area contributed by atoms with E-state index in [2.05, 4.69) is 0 Å². The average molecular weight is 311 g/mol. The van der Waals surface area contributed by atoms with Crippen LogP contribution in [0, 0.1) is 12.8 Å². The monoisotopic (exact) mass is 311 g/mol. The highest BCUT2D eigenvalue weighted by Gasteiger charge is 2.38. The molecule has 21 heavy (non-hydrogen) atoms. The number of carboxylic acid groups (broad SMARTS) is 1. The first-order valence-electron chi connectivity index (χ1n) is 7.09. The van der Waals surface area contributed by atoms with Crippen molar-refractivity contribution >= 4 is 16.0 Å². The summed E-state index contributed by atoms with van der Waals surface area (Å²) in [5, 5.41) is 9.19. The first-order valence-corrected chi connectivity index (χ1v) is 8.70. The molecule has 1 aromatic rings. The Hall–Kier alpha value is -1.40. The van der Waals surface area contributed by atoms with Crippen LogP contribution in [-0.4, -0.2) is 36.4 Å². The van der Waals surface area contributed by atoms with Crippen molar-refractivity contribution in [1.82, 2.24) is 4.31 Å². The quantitative estimate of drug-likeness (QED) is 0.923. The molecule has 1 aliphatic heterocycles. The standard InChI is InChI=1S/C15H21NO4S/c1-11-5-7-13(8-6-11)10-21(19,20)16-9-3-4-14(12(16)2)15(17)18/h5-8,12,14H,3-4,9-10H2,1-2H3,(H,17,18)/t12-,14-/m1/s1. The Morgan fingerprint density at radius 2 is 1.95 bits per heavy atom. The number of carbonyl (C=O) groups is 1. The molecule has 0 radical (unpaired) electrons. The van der Waals surface area contributed by atoms with Gasteiger partial charge in [0.05, 0.1) is 11.7 Å². The van der Waals surface area contributed by atoms with Crippen molar-refractivity contribution in [3.05, 3.63) is 35.4 Å². The van der Waals surface area contributed by atoms with E-state index in [4.69, 9.17) is 0 Å². The van der Waals surface area contributed by atoms with Gasteiger partial charge in [-0.15, -0.1) is 0 Å². The zero-order chi connectivity index (χ0) is 15.6. The van der Waals surface area contributed by atoms with E-state index in [0.29, 0.717) is 19.4 Å². The molecule has 0 amide bonds. The van der Waals surface area contributed by atoms with Gasteiger partial charge in [0.15, 0.2) is 0 Å². The van der Waals surface area contributed by atoms with E-state index in [-0.39, 0.29) is 5.75 Å². The molecule has 0 spiro atoms. The summed E-state index contributed by atoms with van der Waals surface area (Å²) >= 11 is 0. The summed E-state index contributed by atoms with van der Waals surface area (Å²) in [5.74, 6) is -1.62. The van der Waals surface area contributed by atoms with Gasteiger partial charge in [0.1, 0.15) is 0 Å². The Morgan fingerprint density at radius 1 is 1.33 bits per heavy atom. The van der Waals surface area contributed by atoms with Crippen LogP contribution in [0.3, 0.4) is 0 Å². The molecule has 1 aliphatic rings. The number of carboxylic acids is 1. The molecule has 1 heterocycles. The molecule has 1 aromatic carbocycles. The van der Waals surface area contributed by atoms with E-state index >= 15 is 0 Å². The second kappa shape index (κ2) is 6.15. The number of sulfonamides is 1.